The fourth-order valence-electron chi connectivity index (χ4n) is 2.60. The molecule has 0 bridgehead atoms. The highest BCUT2D eigenvalue weighted by Gasteiger charge is 2.34. The molecule has 98 valence electrons. The minimum absolute atomic E-state index is 0.0284. The number of cyclic esters (lactones) is 1. The third-order valence-corrected chi connectivity index (χ3v) is 3.37. The van der Waals surface area contributed by atoms with Gasteiger partial charge < -0.3 is 9.84 Å². The summed E-state index contributed by atoms with van der Waals surface area (Å²) in [6, 6.07) is -0.0284. The minimum atomic E-state index is -0.644. The standard InChI is InChI=1S/C12H22N2O3/c1-12(2,16)9-13-4-6-14(7-5-13)10-3-8-17-11(10)15/h10,16H,3-9H2,1-2H3. The second-order valence-corrected chi connectivity index (χ2v) is 5.60. The van der Waals surface area contributed by atoms with E-state index in [1.807, 2.05) is 13.8 Å². The molecule has 2 fully saturated rings. The van der Waals surface area contributed by atoms with Crippen molar-refractivity contribution >= 4 is 5.97 Å². The second kappa shape index (κ2) is 4.92. The number of carbonyl (C=O) groups is 1. The van der Waals surface area contributed by atoms with Crippen molar-refractivity contribution in [2.75, 3.05) is 39.3 Å². The summed E-state index contributed by atoms with van der Waals surface area (Å²) >= 11 is 0. The molecule has 0 spiro atoms. The average molecular weight is 242 g/mol. The molecule has 0 saturated carbocycles. The second-order valence-electron chi connectivity index (χ2n) is 5.60. The van der Waals surface area contributed by atoms with Gasteiger partial charge in [0, 0.05) is 39.1 Å². The van der Waals surface area contributed by atoms with E-state index in [1.54, 1.807) is 0 Å². The van der Waals surface area contributed by atoms with Crippen molar-refractivity contribution in [3.63, 3.8) is 0 Å². The quantitative estimate of drug-likeness (QED) is 0.688. The van der Waals surface area contributed by atoms with E-state index in [0.29, 0.717) is 13.2 Å². The lowest BCUT2D eigenvalue weighted by Crippen LogP contribution is -2.54. The number of aliphatic hydroxyl groups is 1. The molecule has 1 unspecified atom stereocenters. The van der Waals surface area contributed by atoms with Gasteiger partial charge in [0.25, 0.3) is 0 Å². The molecule has 0 radical (unpaired) electrons. The first-order valence-corrected chi connectivity index (χ1v) is 6.31. The summed E-state index contributed by atoms with van der Waals surface area (Å²) in [5.41, 5.74) is -0.644. The van der Waals surface area contributed by atoms with Crippen molar-refractivity contribution in [1.29, 1.82) is 0 Å². The van der Waals surface area contributed by atoms with Gasteiger partial charge in [-0.05, 0) is 13.8 Å². The van der Waals surface area contributed by atoms with Crippen LogP contribution in [-0.2, 0) is 9.53 Å². The molecule has 2 aliphatic heterocycles. The molecule has 1 atom stereocenters. The van der Waals surface area contributed by atoms with Crippen LogP contribution in [-0.4, -0.2) is 71.8 Å². The monoisotopic (exact) mass is 242 g/mol. The maximum atomic E-state index is 11.5. The molecule has 0 aromatic heterocycles. The Morgan fingerprint density at radius 3 is 2.47 bits per heavy atom. The van der Waals surface area contributed by atoms with Gasteiger partial charge >= 0.3 is 5.97 Å². The summed E-state index contributed by atoms with van der Waals surface area (Å²) in [7, 11) is 0. The van der Waals surface area contributed by atoms with Crippen molar-refractivity contribution in [3.8, 4) is 0 Å². The predicted octanol–water partition coefficient (Wildman–Crippen LogP) is -0.310. The molecule has 0 aromatic carbocycles. The van der Waals surface area contributed by atoms with Crippen LogP contribution >= 0.6 is 0 Å². The van der Waals surface area contributed by atoms with Gasteiger partial charge in [-0.15, -0.1) is 0 Å². The first-order chi connectivity index (χ1) is 7.96. The van der Waals surface area contributed by atoms with Crippen LogP contribution in [0.4, 0.5) is 0 Å². The molecular weight excluding hydrogens is 220 g/mol. The van der Waals surface area contributed by atoms with Crippen LogP contribution in [0.3, 0.4) is 0 Å². The fourth-order valence-corrected chi connectivity index (χ4v) is 2.60. The summed E-state index contributed by atoms with van der Waals surface area (Å²) in [4.78, 5) is 15.9. The minimum Gasteiger partial charge on any atom is -0.464 e. The van der Waals surface area contributed by atoms with Crippen LogP contribution in [0.15, 0.2) is 0 Å². The third-order valence-electron chi connectivity index (χ3n) is 3.37. The zero-order chi connectivity index (χ0) is 12.5. The Labute approximate surface area is 102 Å². The third kappa shape index (κ3) is 3.40. The van der Waals surface area contributed by atoms with Crippen LogP contribution in [0.1, 0.15) is 20.3 Å². The Kier molecular flexibility index (Phi) is 3.70. The highest BCUT2D eigenvalue weighted by molar-refractivity contribution is 5.77. The van der Waals surface area contributed by atoms with Crippen LogP contribution in [0.2, 0.25) is 0 Å². The van der Waals surface area contributed by atoms with Gasteiger partial charge in [-0.2, -0.15) is 0 Å². The van der Waals surface area contributed by atoms with Gasteiger partial charge in [0.15, 0.2) is 0 Å². The van der Waals surface area contributed by atoms with E-state index in [9.17, 15) is 9.90 Å². The van der Waals surface area contributed by atoms with E-state index >= 15 is 0 Å². The normalized spacial score (nSPS) is 28.4. The Morgan fingerprint density at radius 1 is 1.35 bits per heavy atom. The summed E-state index contributed by atoms with van der Waals surface area (Å²) in [5.74, 6) is -0.0686. The van der Waals surface area contributed by atoms with E-state index in [0.717, 1.165) is 32.6 Å². The molecule has 2 aliphatic rings. The summed E-state index contributed by atoms with van der Waals surface area (Å²) in [6.07, 6.45) is 0.824. The predicted molar refractivity (Wildman–Crippen MR) is 63.7 cm³/mol. The molecule has 2 saturated heterocycles. The van der Waals surface area contributed by atoms with Crippen molar-refractivity contribution in [3.05, 3.63) is 0 Å². The number of piperazine rings is 1. The molecule has 5 nitrogen and oxygen atoms in total. The summed E-state index contributed by atoms with van der Waals surface area (Å²) < 4.78 is 4.99. The van der Waals surface area contributed by atoms with Crippen LogP contribution in [0.25, 0.3) is 0 Å². The molecule has 1 N–H and O–H groups in total. The van der Waals surface area contributed by atoms with E-state index < -0.39 is 5.60 Å². The number of ether oxygens (including phenoxy) is 1. The lowest BCUT2D eigenvalue weighted by Gasteiger charge is -2.38. The molecule has 5 heteroatoms. The maximum Gasteiger partial charge on any atom is 0.323 e. The molecule has 0 aromatic rings. The van der Waals surface area contributed by atoms with Crippen molar-refractivity contribution in [1.82, 2.24) is 9.80 Å². The number of carbonyl (C=O) groups excluding carboxylic acids is 1. The van der Waals surface area contributed by atoms with Gasteiger partial charge in [0.1, 0.15) is 6.04 Å². The SMILES string of the molecule is CC(C)(O)CN1CCN(C2CCOC2=O)CC1. The average Bonchev–Trinajstić information content (AvgIpc) is 2.63. The molecule has 2 rings (SSSR count). The van der Waals surface area contributed by atoms with E-state index in [-0.39, 0.29) is 12.0 Å². The zero-order valence-electron chi connectivity index (χ0n) is 10.7. The lowest BCUT2D eigenvalue weighted by atomic mass is 10.1. The van der Waals surface area contributed by atoms with Gasteiger partial charge in [0.2, 0.25) is 0 Å². The first-order valence-electron chi connectivity index (χ1n) is 6.31. The molecule has 17 heavy (non-hydrogen) atoms. The highest BCUT2D eigenvalue weighted by atomic mass is 16.5. The van der Waals surface area contributed by atoms with Crippen LogP contribution in [0, 0.1) is 0 Å². The number of esters is 1. The van der Waals surface area contributed by atoms with Crippen LogP contribution < -0.4 is 0 Å². The summed E-state index contributed by atoms with van der Waals surface area (Å²) in [6.45, 7) is 8.50. The summed E-state index contributed by atoms with van der Waals surface area (Å²) in [5, 5.41) is 9.76. The Balaban J connectivity index is 1.80. The van der Waals surface area contributed by atoms with Crippen molar-refractivity contribution in [2.24, 2.45) is 0 Å². The van der Waals surface area contributed by atoms with E-state index in [4.69, 9.17) is 4.74 Å². The Hall–Kier alpha value is -0.650. The van der Waals surface area contributed by atoms with E-state index in [1.165, 1.54) is 0 Å². The molecule has 0 amide bonds. The Bertz CT molecular complexity index is 280. The number of rotatable bonds is 3. The molecule has 0 aliphatic carbocycles. The highest BCUT2D eigenvalue weighted by Crippen LogP contribution is 2.17. The molecule has 2 heterocycles. The molecular formula is C12H22N2O3. The Morgan fingerprint density at radius 2 is 2.00 bits per heavy atom. The number of nitrogens with zero attached hydrogens (tertiary/aromatic N) is 2. The van der Waals surface area contributed by atoms with Gasteiger partial charge in [-0.25, -0.2) is 0 Å². The van der Waals surface area contributed by atoms with Crippen LogP contribution in [0.5, 0.6) is 0 Å². The number of β-amino-alcohol motifs (C(OH)–C–C–N with tert-alkyl or cyclic N) is 1. The van der Waals surface area contributed by atoms with E-state index in [2.05, 4.69) is 9.80 Å². The number of hydrogen-bond donors (Lipinski definition) is 1. The smallest absolute Gasteiger partial charge is 0.323 e. The largest absolute Gasteiger partial charge is 0.464 e. The first kappa shape index (κ1) is 12.8. The fraction of sp³-hybridized carbons (Fsp3) is 0.917. The zero-order valence-corrected chi connectivity index (χ0v) is 10.7. The van der Waals surface area contributed by atoms with Crippen molar-refractivity contribution < 1.29 is 14.6 Å². The van der Waals surface area contributed by atoms with Gasteiger partial charge in [0.05, 0.1) is 12.2 Å². The van der Waals surface area contributed by atoms with Gasteiger partial charge in [-0.3, -0.25) is 14.6 Å². The topological polar surface area (TPSA) is 53.0 Å². The maximum absolute atomic E-state index is 11.5. The number of hydrogen-bond acceptors (Lipinski definition) is 5. The van der Waals surface area contributed by atoms with Gasteiger partial charge in [-0.1, -0.05) is 0 Å². The lowest BCUT2D eigenvalue weighted by molar-refractivity contribution is -0.143. The van der Waals surface area contributed by atoms with Crippen molar-refractivity contribution in [2.45, 2.75) is 31.9 Å².